The molecule has 22 heavy (non-hydrogen) atoms. The molecule has 4 heteroatoms. The first-order chi connectivity index (χ1) is 10.9. The van der Waals surface area contributed by atoms with E-state index >= 15 is 0 Å². The topological polar surface area (TPSA) is 36.9 Å². The monoisotopic (exact) mass is 302 g/mol. The fourth-order valence-corrected chi connectivity index (χ4v) is 1.84. The lowest BCUT2D eigenvalue weighted by Crippen LogP contribution is -2.21. The molecule has 2 aromatic carbocycles. The van der Waals surface area contributed by atoms with Gasteiger partial charge < -0.3 is 9.78 Å². The Balaban J connectivity index is 1.82. The molecule has 0 aliphatic carbocycles. The predicted molar refractivity (Wildman–Crippen MR) is 84.2 cm³/mol. The van der Waals surface area contributed by atoms with E-state index < -0.39 is 6.29 Å². The van der Waals surface area contributed by atoms with Gasteiger partial charge in [-0.2, -0.15) is 9.78 Å². The van der Waals surface area contributed by atoms with Gasteiger partial charge in [0, 0.05) is 6.42 Å². The van der Waals surface area contributed by atoms with Crippen molar-refractivity contribution in [3.8, 4) is 11.5 Å². The standard InChI is InChI=1S/C18H22O4/c1-2-3-6-15-18(21-19-16-11-7-4-8-12-16)22-20-17-13-9-5-10-14-17/h4-5,7-14,18H,2-3,6,15H2,1H3. The third-order valence-corrected chi connectivity index (χ3v) is 3.03. The van der Waals surface area contributed by atoms with Crippen LogP contribution in [-0.2, 0) is 9.78 Å². The van der Waals surface area contributed by atoms with E-state index in [0.717, 1.165) is 19.3 Å². The molecule has 2 rings (SSSR count). The SMILES string of the molecule is CCCCCC(OOc1ccccc1)OOc1ccccc1. The summed E-state index contributed by atoms with van der Waals surface area (Å²) in [4.78, 5) is 21.3. The number of rotatable bonds is 10. The third kappa shape index (κ3) is 6.16. The zero-order chi connectivity index (χ0) is 15.5. The second kappa shape index (κ2) is 9.82. The molecule has 0 saturated heterocycles. The van der Waals surface area contributed by atoms with Crippen LogP contribution in [0.25, 0.3) is 0 Å². The Labute approximate surface area is 131 Å². The molecule has 0 spiro atoms. The molecular weight excluding hydrogens is 280 g/mol. The van der Waals surface area contributed by atoms with E-state index in [2.05, 4.69) is 6.92 Å². The Kier molecular flexibility index (Phi) is 7.29. The summed E-state index contributed by atoms with van der Waals surface area (Å²) >= 11 is 0. The largest absolute Gasteiger partial charge is 0.335 e. The highest BCUT2D eigenvalue weighted by molar-refractivity contribution is 5.20. The van der Waals surface area contributed by atoms with Gasteiger partial charge in [0.25, 0.3) is 0 Å². The maximum absolute atomic E-state index is 5.35. The Morgan fingerprint density at radius 3 is 1.68 bits per heavy atom. The second-order valence-electron chi connectivity index (χ2n) is 4.91. The van der Waals surface area contributed by atoms with Gasteiger partial charge in [-0.25, -0.2) is 0 Å². The summed E-state index contributed by atoms with van der Waals surface area (Å²) in [6.45, 7) is 2.15. The minimum absolute atomic E-state index is 0.577. The summed E-state index contributed by atoms with van der Waals surface area (Å²) in [7, 11) is 0. The Morgan fingerprint density at radius 1 is 0.727 bits per heavy atom. The molecule has 0 saturated carbocycles. The van der Waals surface area contributed by atoms with E-state index in [4.69, 9.17) is 19.6 Å². The first-order valence-corrected chi connectivity index (χ1v) is 7.65. The van der Waals surface area contributed by atoms with Gasteiger partial charge in [0.05, 0.1) is 0 Å². The van der Waals surface area contributed by atoms with Crippen LogP contribution in [-0.4, -0.2) is 6.29 Å². The lowest BCUT2D eigenvalue weighted by atomic mass is 10.2. The minimum Gasteiger partial charge on any atom is -0.335 e. The highest BCUT2D eigenvalue weighted by Crippen LogP contribution is 2.16. The van der Waals surface area contributed by atoms with Crippen LogP contribution in [0.1, 0.15) is 32.6 Å². The molecular formula is C18H22O4. The Bertz CT molecular complexity index is 458. The van der Waals surface area contributed by atoms with Crippen molar-refractivity contribution in [1.82, 2.24) is 0 Å². The van der Waals surface area contributed by atoms with Gasteiger partial charge in [-0.1, -0.05) is 56.2 Å². The third-order valence-electron chi connectivity index (χ3n) is 3.03. The van der Waals surface area contributed by atoms with Gasteiger partial charge in [-0.3, -0.25) is 0 Å². The molecule has 0 amide bonds. The van der Waals surface area contributed by atoms with Crippen molar-refractivity contribution >= 4 is 0 Å². The first-order valence-electron chi connectivity index (χ1n) is 7.65. The molecule has 0 bridgehead atoms. The van der Waals surface area contributed by atoms with E-state index in [0.29, 0.717) is 17.9 Å². The molecule has 2 aromatic rings. The summed E-state index contributed by atoms with van der Waals surface area (Å²) in [6.07, 6.45) is 3.35. The van der Waals surface area contributed by atoms with Gasteiger partial charge in [0.2, 0.25) is 6.29 Å². The van der Waals surface area contributed by atoms with Crippen molar-refractivity contribution in [2.24, 2.45) is 0 Å². The molecule has 0 atom stereocenters. The fraction of sp³-hybridized carbons (Fsp3) is 0.333. The number of hydrogen-bond donors (Lipinski definition) is 0. The quantitative estimate of drug-likeness (QED) is 0.270. The fourth-order valence-electron chi connectivity index (χ4n) is 1.84. The molecule has 4 nitrogen and oxygen atoms in total. The van der Waals surface area contributed by atoms with Gasteiger partial charge in [-0.05, 0) is 30.7 Å². The van der Waals surface area contributed by atoms with E-state index in [-0.39, 0.29) is 0 Å². The van der Waals surface area contributed by atoms with Crippen LogP contribution in [0.5, 0.6) is 11.5 Å². The van der Waals surface area contributed by atoms with E-state index in [1.54, 1.807) is 0 Å². The maximum atomic E-state index is 5.35. The molecule has 0 aliphatic heterocycles. The Hall–Kier alpha value is -2.04. The highest BCUT2D eigenvalue weighted by Gasteiger charge is 2.14. The molecule has 0 unspecified atom stereocenters. The van der Waals surface area contributed by atoms with Crippen LogP contribution in [0.15, 0.2) is 60.7 Å². The zero-order valence-electron chi connectivity index (χ0n) is 12.8. The lowest BCUT2D eigenvalue weighted by Gasteiger charge is -2.16. The van der Waals surface area contributed by atoms with Gasteiger partial charge in [0.1, 0.15) is 0 Å². The Morgan fingerprint density at radius 2 is 1.23 bits per heavy atom. The van der Waals surface area contributed by atoms with Gasteiger partial charge >= 0.3 is 0 Å². The van der Waals surface area contributed by atoms with Crippen LogP contribution in [0.3, 0.4) is 0 Å². The van der Waals surface area contributed by atoms with E-state index in [1.807, 2.05) is 60.7 Å². The number of para-hydroxylation sites is 2. The number of benzene rings is 2. The molecule has 0 fully saturated rings. The van der Waals surface area contributed by atoms with Crippen LogP contribution in [0, 0.1) is 0 Å². The summed E-state index contributed by atoms with van der Waals surface area (Å²) in [5, 5.41) is 0. The van der Waals surface area contributed by atoms with Gasteiger partial charge in [-0.15, -0.1) is 0 Å². The molecule has 118 valence electrons. The number of hydrogen-bond acceptors (Lipinski definition) is 4. The van der Waals surface area contributed by atoms with Crippen molar-refractivity contribution in [2.75, 3.05) is 0 Å². The van der Waals surface area contributed by atoms with Crippen molar-refractivity contribution in [2.45, 2.75) is 38.9 Å². The van der Waals surface area contributed by atoms with Gasteiger partial charge in [0.15, 0.2) is 11.5 Å². The lowest BCUT2D eigenvalue weighted by molar-refractivity contribution is -0.400. The van der Waals surface area contributed by atoms with Crippen LogP contribution >= 0.6 is 0 Å². The summed E-state index contributed by atoms with van der Waals surface area (Å²) in [5.74, 6) is 1.26. The van der Waals surface area contributed by atoms with Crippen molar-refractivity contribution in [3.63, 3.8) is 0 Å². The smallest absolute Gasteiger partial charge is 0.247 e. The minimum atomic E-state index is -0.577. The molecule has 0 radical (unpaired) electrons. The van der Waals surface area contributed by atoms with E-state index in [1.165, 1.54) is 0 Å². The van der Waals surface area contributed by atoms with Crippen molar-refractivity contribution < 1.29 is 19.6 Å². The molecule has 0 N–H and O–H groups in total. The summed E-state index contributed by atoms with van der Waals surface area (Å²) in [6, 6.07) is 18.6. The molecule has 0 aliphatic rings. The summed E-state index contributed by atoms with van der Waals surface area (Å²) < 4.78 is 0. The summed E-state index contributed by atoms with van der Waals surface area (Å²) in [5.41, 5.74) is 0. The predicted octanol–water partition coefficient (Wildman–Crippen LogP) is 4.91. The average molecular weight is 302 g/mol. The average Bonchev–Trinajstić information content (AvgIpc) is 2.59. The molecule has 0 aromatic heterocycles. The first kappa shape index (κ1) is 16.3. The molecule has 0 heterocycles. The zero-order valence-corrected chi connectivity index (χ0v) is 12.8. The van der Waals surface area contributed by atoms with Crippen molar-refractivity contribution in [3.05, 3.63) is 60.7 Å². The van der Waals surface area contributed by atoms with Crippen LogP contribution < -0.4 is 9.78 Å². The van der Waals surface area contributed by atoms with Crippen LogP contribution in [0.2, 0.25) is 0 Å². The highest BCUT2D eigenvalue weighted by atomic mass is 17.3. The van der Waals surface area contributed by atoms with Crippen LogP contribution in [0.4, 0.5) is 0 Å². The normalized spacial score (nSPS) is 10.6. The van der Waals surface area contributed by atoms with Crippen molar-refractivity contribution in [1.29, 1.82) is 0 Å². The van der Waals surface area contributed by atoms with E-state index in [9.17, 15) is 0 Å². The second-order valence-corrected chi connectivity index (χ2v) is 4.91. The maximum Gasteiger partial charge on any atom is 0.247 e. The number of unbranched alkanes of at least 4 members (excludes halogenated alkanes) is 2.